The van der Waals surface area contributed by atoms with Crippen LogP contribution >= 0.6 is 22.6 Å². The number of halogens is 1. The van der Waals surface area contributed by atoms with Crippen molar-refractivity contribution >= 4 is 34.0 Å². The van der Waals surface area contributed by atoms with Crippen molar-refractivity contribution in [3.05, 3.63) is 21.8 Å². The summed E-state index contributed by atoms with van der Waals surface area (Å²) in [5.41, 5.74) is 7.85. The Morgan fingerprint density at radius 1 is 1.47 bits per heavy atom. The number of rotatable bonds is 2. The van der Waals surface area contributed by atoms with E-state index in [0.29, 0.717) is 0 Å². The Balaban J connectivity index is 2.22. The fourth-order valence-corrected chi connectivity index (χ4v) is 3.24. The number of nitrogens with two attached hydrogens (primary N) is 1. The van der Waals surface area contributed by atoms with Crippen LogP contribution in [0.3, 0.4) is 0 Å². The molecule has 2 N–H and O–H groups in total. The van der Waals surface area contributed by atoms with Crippen molar-refractivity contribution in [2.75, 3.05) is 30.8 Å². The maximum Gasteiger partial charge on any atom is 0.0825 e. The molecule has 0 saturated carbocycles. The minimum atomic E-state index is -0.0251. The van der Waals surface area contributed by atoms with Crippen LogP contribution in [0.15, 0.2) is 18.2 Å². The second kappa shape index (κ2) is 5.02. The van der Waals surface area contributed by atoms with Gasteiger partial charge in [-0.2, -0.15) is 0 Å². The van der Waals surface area contributed by atoms with Gasteiger partial charge in [-0.15, -0.1) is 0 Å². The van der Waals surface area contributed by atoms with Crippen LogP contribution in [-0.4, -0.2) is 25.8 Å². The smallest absolute Gasteiger partial charge is 0.0825 e. The fraction of sp³-hybridized carbons (Fsp3) is 0.538. The molecule has 2 rings (SSSR count). The predicted molar refractivity (Wildman–Crippen MR) is 80.4 cm³/mol. The van der Waals surface area contributed by atoms with E-state index in [1.54, 1.807) is 7.11 Å². The molecular formula is C13H19IN2O. The molecule has 0 amide bonds. The second-order valence-electron chi connectivity index (χ2n) is 4.89. The van der Waals surface area contributed by atoms with E-state index in [1.165, 1.54) is 15.7 Å². The van der Waals surface area contributed by atoms with E-state index >= 15 is 0 Å². The maximum atomic E-state index is 5.79. The van der Waals surface area contributed by atoms with Gasteiger partial charge in [-0.1, -0.05) is 0 Å². The van der Waals surface area contributed by atoms with Crippen molar-refractivity contribution in [3.8, 4) is 0 Å². The molecule has 0 aromatic heterocycles. The Kier molecular flexibility index (Phi) is 3.82. The Hall–Kier alpha value is -0.490. The highest BCUT2D eigenvalue weighted by Gasteiger charge is 2.31. The van der Waals surface area contributed by atoms with Crippen molar-refractivity contribution in [1.82, 2.24) is 0 Å². The molecule has 1 heterocycles. The third kappa shape index (κ3) is 2.85. The summed E-state index contributed by atoms with van der Waals surface area (Å²) in [4.78, 5) is 2.40. The molecule has 1 fully saturated rings. The first kappa shape index (κ1) is 13.0. The van der Waals surface area contributed by atoms with E-state index in [2.05, 4.69) is 40.5 Å². The highest BCUT2D eigenvalue weighted by atomic mass is 127. The van der Waals surface area contributed by atoms with Crippen LogP contribution in [0, 0.1) is 3.57 Å². The Labute approximate surface area is 116 Å². The second-order valence-corrected chi connectivity index (χ2v) is 6.05. The standard InChI is InChI=1S/C13H19IN2O/c1-13(17-2)6-3-7-16(9-13)12-5-4-10(15)8-11(12)14/h4-5,8H,3,6-7,9,15H2,1-2H3. The zero-order chi connectivity index (χ0) is 12.5. The van der Waals surface area contributed by atoms with Gasteiger partial charge in [-0.3, -0.25) is 0 Å². The van der Waals surface area contributed by atoms with Gasteiger partial charge in [0, 0.05) is 29.5 Å². The molecule has 1 aromatic rings. The first-order valence-electron chi connectivity index (χ1n) is 5.89. The van der Waals surface area contributed by atoms with Gasteiger partial charge in [0.1, 0.15) is 0 Å². The van der Waals surface area contributed by atoms with Gasteiger partial charge in [-0.05, 0) is 60.6 Å². The van der Waals surface area contributed by atoms with Gasteiger partial charge in [-0.25, -0.2) is 0 Å². The van der Waals surface area contributed by atoms with E-state index < -0.39 is 0 Å². The summed E-state index contributed by atoms with van der Waals surface area (Å²) in [5.74, 6) is 0. The molecule has 1 saturated heterocycles. The van der Waals surface area contributed by atoms with Crippen LogP contribution < -0.4 is 10.6 Å². The number of ether oxygens (including phenoxy) is 1. The third-order valence-electron chi connectivity index (χ3n) is 3.46. The summed E-state index contributed by atoms with van der Waals surface area (Å²) in [6.45, 7) is 4.23. The number of nitrogen functional groups attached to an aromatic ring is 1. The van der Waals surface area contributed by atoms with E-state index in [9.17, 15) is 0 Å². The topological polar surface area (TPSA) is 38.5 Å². The summed E-state index contributed by atoms with van der Waals surface area (Å²) >= 11 is 2.35. The fourth-order valence-electron chi connectivity index (χ4n) is 2.36. The van der Waals surface area contributed by atoms with Crippen LogP contribution in [0.2, 0.25) is 0 Å². The average Bonchev–Trinajstić information content (AvgIpc) is 2.29. The van der Waals surface area contributed by atoms with E-state index in [-0.39, 0.29) is 5.60 Å². The van der Waals surface area contributed by atoms with Crippen LogP contribution in [0.4, 0.5) is 11.4 Å². The highest BCUT2D eigenvalue weighted by Crippen LogP contribution is 2.31. The van der Waals surface area contributed by atoms with Crippen molar-refractivity contribution in [3.63, 3.8) is 0 Å². The van der Waals surface area contributed by atoms with Gasteiger partial charge >= 0.3 is 0 Å². The number of nitrogens with zero attached hydrogens (tertiary/aromatic N) is 1. The molecule has 0 bridgehead atoms. The predicted octanol–water partition coefficient (Wildman–Crippen LogP) is 2.88. The lowest BCUT2D eigenvalue weighted by Crippen LogP contribution is -2.47. The molecule has 17 heavy (non-hydrogen) atoms. The van der Waals surface area contributed by atoms with E-state index in [4.69, 9.17) is 10.5 Å². The SMILES string of the molecule is COC1(C)CCCN(c2ccc(N)cc2I)C1. The number of piperidine rings is 1. The monoisotopic (exact) mass is 346 g/mol. The molecule has 0 radical (unpaired) electrons. The lowest BCUT2D eigenvalue weighted by atomic mass is 9.94. The van der Waals surface area contributed by atoms with Crippen molar-refractivity contribution in [2.45, 2.75) is 25.4 Å². The summed E-state index contributed by atoms with van der Waals surface area (Å²) in [6.07, 6.45) is 2.30. The number of methoxy groups -OCH3 is 1. The lowest BCUT2D eigenvalue weighted by Gasteiger charge is -2.41. The van der Waals surface area contributed by atoms with Gasteiger partial charge in [0.2, 0.25) is 0 Å². The number of anilines is 2. The summed E-state index contributed by atoms with van der Waals surface area (Å²) in [6, 6.07) is 6.10. The lowest BCUT2D eigenvalue weighted by molar-refractivity contribution is -0.00468. The molecule has 94 valence electrons. The molecular weight excluding hydrogens is 327 g/mol. The molecule has 1 atom stereocenters. The van der Waals surface area contributed by atoms with Gasteiger partial charge in [0.25, 0.3) is 0 Å². The number of hydrogen-bond acceptors (Lipinski definition) is 3. The zero-order valence-electron chi connectivity index (χ0n) is 10.4. The first-order valence-corrected chi connectivity index (χ1v) is 6.97. The van der Waals surface area contributed by atoms with Gasteiger partial charge < -0.3 is 15.4 Å². The quantitative estimate of drug-likeness (QED) is 0.661. The minimum Gasteiger partial charge on any atom is -0.399 e. The zero-order valence-corrected chi connectivity index (χ0v) is 12.5. The van der Waals surface area contributed by atoms with Crippen molar-refractivity contribution < 1.29 is 4.74 Å². The maximum absolute atomic E-state index is 5.79. The summed E-state index contributed by atoms with van der Waals surface area (Å²) in [7, 11) is 1.80. The van der Waals surface area contributed by atoms with Crippen LogP contribution in [0.25, 0.3) is 0 Å². The van der Waals surface area contributed by atoms with E-state index in [1.807, 2.05) is 12.1 Å². The molecule has 3 nitrogen and oxygen atoms in total. The third-order valence-corrected chi connectivity index (χ3v) is 4.33. The molecule has 1 aliphatic heterocycles. The van der Waals surface area contributed by atoms with E-state index in [0.717, 1.165) is 25.2 Å². The van der Waals surface area contributed by atoms with Gasteiger partial charge in [0.15, 0.2) is 0 Å². The Morgan fingerprint density at radius 2 is 2.24 bits per heavy atom. The van der Waals surface area contributed by atoms with Crippen LogP contribution in [-0.2, 0) is 4.74 Å². The van der Waals surface area contributed by atoms with Crippen molar-refractivity contribution in [2.24, 2.45) is 0 Å². The number of hydrogen-bond donors (Lipinski definition) is 1. The molecule has 1 unspecified atom stereocenters. The minimum absolute atomic E-state index is 0.0251. The van der Waals surface area contributed by atoms with Gasteiger partial charge in [0.05, 0.1) is 11.3 Å². The van der Waals surface area contributed by atoms with Crippen molar-refractivity contribution in [1.29, 1.82) is 0 Å². The first-order chi connectivity index (χ1) is 8.04. The Bertz CT molecular complexity index is 410. The summed E-state index contributed by atoms with van der Waals surface area (Å²) < 4.78 is 6.84. The average molecular weight is 346 g/mol. The molecule has 1 aliphatic rings. The molecule has 0 aliphatic carbocycles. The molecule has 1 aromatic carbocycles. The van der Waals surface area contributed by atoms with Crippen LogP contribution in [0.5, 0.6) is 0 Å². The summed E-state index contributed by atoms with van der Waals surface area (Å²) in [5, 5.41) is 0. The normalized spacial score (nSPS) is 25.0. The Morgan fingerprint density at radius 3 is 2.88 bits per heavy atom. The van der Waals surface area contributed by atoms with Crippen LogP contribution in [0.1, 0.15) is 19.8 Å². The number of benzene rings is 1. The molecule has 0 spiro atoms. The molecule has 4 heteroatoms. The largest absolute Gasteiger partial charge is 0.399 e. The highest BCUT2D eigenvalue weighted by molar-refractivity contribution is 14.1.